The Morgan fingerprint density at radius 2 is 1.05 bits per heavy atom. The zero-order valence-corrected chi connectivity index (χ0v) is 17.6. The lowest BCUT2D eigenvalue weighted by Crippen LogP contribution is -2.35. The smallest absolute Gasteiger partial charge is 0.407 e. The van der Waals surface area contributed by atoms with Crippen LogP contribution in [0.4, 0.5) is 4.79 Å². The molecule has 1 N–H and O–H groups in total. The predicted octanol–water partition coefficient (Wildman–Crippen LogP) is 5.56. The lowest BCUT2D eigenvalue weighted by atomic mass is 10.5. The molecule has 22 heavy (non-hydrogen) atoms. The Bertz CT molecular complexity index is 280. The lowest BCUT2D eigenvalue weighted by Gasteiger charge is -2.31. The fourth-order valence-corrected chi connectivity index (χ4v) is 8.40. The van der Waals surface area contributed by atoms with E-state index in [1.165, 1.54) is 0 Å². The molecule has 0 saturated heterocycles. The summed E-state index contributed by atoms with van der Waals surface area (Å²) < 4.78 is 0. The molecule has 0 spiro atoms. The number of carboxylic acid groups (broad SMARTS) is 1. The quantitative estimate of drug-likeness (QED) is 0.524. The highest BCUT2D eigenvalue weighted by atomic mass is 31.1. The molecule has 5 heteroatoms. The summed E-state index contributed by atoms with van der Waals surface area (Å²) in [6.45, 7) is 19.6. The maximum atomic E-state index is 11.5. The summed E-state index contributed by atoms with van der Waals surface area (Å²) in [5.74, 6) is 0. The van der Waals surface area contributed by atoms with Crippen molar-refractivity contribution >= 4 is 21.9 Å². The van der Waals surface area contributed by atoms with Gasteiger partial charge in [-0.25, -0.2) is 4.79 Å². The SMILES string of the molecule is CC(C)P(CCN(CCP(C(C)C)C(C)C)C(=O)O)C(C)C. The normalized spacial score (nSPS) is 12.5. The van der Waals surface area contributed by atoms with Crippen LogP contribution in [0.1, 0.15) is 55.4 Å². The van der Waals surface area contributed by atoms with Gasteiger partial charge >= 0.3 is 6.09 Å². The van der Waals surface area contributed by atoms with Gasteiger partial charge in [0.05, 0.1) is 0 Å². The fourth-order valence-electron chi connectivity index (χ4n) is 3.00. The second-order valence-corrected chi connectivity index (χ2v) is 14.2. The minimum Gasteiger partial charge on any atom is -0.465 e. The fraction of sp³-hybridized carbons (Fsp3) is 0.941. The summed E-state index contributed by atoms with van der Waals surface area (Å²) in [5.41, 5.74) is 2.70. The van der Waals surface area contributed by atoms with E-state index in [9.17, 15) is 9.90 Å². The van der Waals surface area contributed by atoms with E-state index in [-0.39, 0.29) is 15.8 Å². The summed E-state index contributed by atoms with van der Waals surface area (Å²) in [6.07, 6.45) is 1.33. The summed E-state index contributed by atoms with van der Waals surface area (Å²) in [7, 11) is -0.173. The van der Waals surface area contributed by atoms with Gasteiger partial charge in [-0.05, 0) is 35.0 Å². The zero-order valence-electron chi connectivity index (χ0n) is 15.8. The van der Waals surface area contributed by atoms with Crippen molar-refractivity contribution in [3.05, 3.63) is 0 Å². The molecule has 0 bridgehead atoms. The first-order chi connectivity index (χ1) is 10.1. The third kappa shape index (κ3) is 8.11. The zero-order chi connectivity index (χ0) is 17.4. The Labute approximate surface area is 140 Å². The van der Waals surface area contributed by atoms with E-state index in [0.29, 0.717) is 35.7 Å². The van der Waals surface area contributed by atoms with Crippen LogP contribution in [0.2, 0.25) is 0 Å². The number of rotatable bonds is 10. The molecule has 0 aromatic rings. The van der Waals surface area contributed by atoms with E-state index in [4.69, 9.17) is 0 Å². The van der Waals surface area contributed by atoms with Crippen LogP contribution >= 0.6 is 15.8 Å². The minimum atomic E-state index is -0.745. The average molecular weight is 349 g/mol. The van der Waals surface area contributed by atoms with Gasteiger partial charge in [-0.3, -0.25) is 0 Å². The van der Waals surface area contributed by atoms with Crippen LogP contribution in [0.5, 0.6) is 0 Å². The van der Waals surface area contributed by atoms with Gasteiger partial charge < -0.3 is 10.0 Å². The molecule has 0 unspecified atom stereocenters. The van der Waals surface area contributed by atoms with Gasteiger partial charge in [-0.2, -0.15) is 0 Å². The molecule has 0 radical (unpaired) electrons. The van der Waals surface area contributed by atoms with Crippen molar-refractivity contribution in [2.45, 2.75) is 78.0 Å². The number of nitrogens with zero attached hydrogens (tertiary/aromatic N) is 1. The van der Waals surface area contributed by atoms with Crippen LogP contribution < -0.4 is 0 Å². The van der Waals surface area contributed by atoms with Crippen molar-refractivity contribution in [2.24, 2.45) is 0 Å². The molecule has 0 aliphatic rings. The first kappa shape index (κ1) is 22.1. The molecule has 1 amide bonds. The van der Waals surface area contributed by atoms with E-state index in [2.05, 4.69) is 55.4 Å². The van der Waals surface area contributed by atoms with Crippen LogP contribution in [0.15, 0.2) is 0 Å². The van der Waals surface area contributed by atoms with Crippen molar-refractivity contribution < 1.29 is 9.90 Å². The van der Waals surface area contributed by atoms with Crippen molar-refractivity contribution in [1.82, 2.24) is 4.90 Å². The molecule has 0 aliphatic heterocycles. The van der Waals surface area contributed by atoms with Crippen LogP contribution in [0, 0.1) is 0 Å². The van der Waals surface area contributed by atoms with Crippen LogP contribution in [0.3, 0.4) is 0 Å². The number of carbonyl (C=O) groups is 1. The van der Waals surface area contributed by atoms with E-state index in [1.54, 1.807) is 4.90 Å². The van der Waals surface area contributed by atoms with Crippen molar-refractivity contribution in [2.75, 3.05) is 25.4 Å². The van der Waals surface area contributed by atoms with E-state index >= 15 is 0 Å². The van der Waals surface area contributed by atoms with Crippen LogP contribution in [-0.2, 0) is 0 Å². The Morgan fingerprint density at radius 3 is 1.23 bits per heavy atom. The predicted molar refractivity (Wildman–Crippen MR) is 104 cm³/mol. The largest absolute Gasteiger partial charge is 0.465 e. The second kappa shape index (κ2) is 10.8. The van der Waals surface area contributed by atoms with Crippen molar-refractivity contribution in [3.8, 4) is 0 Å². The maximum Gasteiger partial charge on any atom is 0.407 e. The molecule has 132 valence electrons. The van der Waals surface area contributed by atoms with Crippen molar-refractivity contribution in [3.63, 3.8) is 0 Å². The van der Waals surface area contributed by atoms with E-state index < -0.39 is 6.09 Å². The van der Waals surface area contributed by atoms with E-state index in [0.717, 1.165) is 12.3 Å². The van der Waals surface area contributed by atoms with Gasteiger partial charge in [-0.15, -0.1) is 0 Å². The highest BCUT2D eigenvalue weighted by Gasteiger charge is 2.22. The number of amides is 1. The lowest BCUT2D eigenvalue weighted by molar-refractivity contribution is 0.151. The molecule has 0 aromatic carbocycles. The van der Waals surface area contributed by atoms with E-state index in [1.807, 2.05) is 0 Å². The van der Waals surface area contributed by atoms with Crippen LogP contribution in [0.25, 0.3) is 0 Å². The van der Waals surface area contributed by atoms with Gasteiger partial charge in [0.15, 0.2) is 0 Å². The highest BCUT2D eigenvalue weighted by Crippen LogP contribution is 2.47. The average Bonchev–Trinajstić information content (AvgIpc) is 2.34. The third-order valence-electron chi connectivity index (χ3n) is 4.18. The number of hydrogen-bond donors (Lipinski definition) is 1. The molecule has 0 atom stereocenters. The van der Waals surface area contributed by atoms with Gasteiger partial charge in [0, 0.05) is 13.1 Å². The molecule has 0 saturated carbocycles. The standard InChI is InChI=1S/C17H37NO2P2/c1-13(2)21(14(3)4)11-9-18(17(19)20)10-12-22(15(5)6)16(7)8/h13-16H,9-12H2,1-8H3,(H,19,20). The summed E-state index contributed by atoms with van der Waals surface area (Å²) in [6, 6.07) is 0. The molecule has 0 heterocycles. The first-order valence-electron chi connectivity index (χ1n) is 8.57. The Kier molecular flexibility index (Phi) is 10.9. The van der Waals surface area contributed by atoms with Crippen LogP contribution in [-0.4, -0.2) is 64.1 Å². The molecular formula is C17H37NO2P2. The Hall–Kier alpha value is 0.130. The Balaban J connectivity index is 4.58. The summed E-state index contributed by atoms with van der Waals surface area (Å²) >= 11 is 0. The maximum absolute atomic E-state index is 11.5. The van der Waals surface area contributed by atoms with Gasteiger partial charge in [0.25, 0.3) is 0 Å². The number of hydrogen-bond acceptors (Lipinski definition) is 1. The monoisotopic (exact) mass is 349 g/mol. The molecule has 0 fully saturated rings. The highest BCUT2D eigenvalue weighted by molar-refractivity contribution is 7.59. The topological polar surface area (TPSA) is 40.5 Å². The molecule has 0 aromatic heterocycles. The molecular weight excluding hydrogens is 312 g/mol. The first-order valence-corrected chi connectivity index (χ1v) is 11.9. The second-order valence-electron chi connectivity index (χ2n) is 7.12. The van der Waals surface area contributed by atoms with Gasteiger partial charge in [0.2, 0.25) is 0 Å². The molecule has 0 rings (SSSR count). The minimum absolute atomic E-state index is 0.0866. The third-order valence-corrected chi connectivity index (χ3v) is 10.9. The molecule has 0 aliphatic carbocycles. The van der Waals surface area contributed by atoms with Crippen molar-refractivity contribution in [1.29, 1.82) is 0 Å². The summed E-state index contributed by atoms with van der Waals surface area (Å²) in [5, 5.41) is 9.49. The molecule has 3 nitrogen and oxygen atoms in total. The van der Waals surface area contributed by atoms with Gasteiger partial charge in [-0.1, -0.05) is 71.2 Å². The summed E-state index contributed by atoms with van der Waals surface area (Å²) in [4.78, 5) is 13.2. The Morgan fingerprint density at radius 1 is 0.773 bits per heavy atom. The van der Waals surface area contributed by atoms with Gasteiger partial charge in [0.1, 0.15) is 0 Å².